The van der Waals surface area contributed by atoms with E-state index in [-0.39, 0.29) is 17.1 Å². The Morgan fingerprint density at radius 1 is 1.15 bits per heavy atom. The third-order valence-corrected chi connectivity index (χ3v) is 2.83. The molecule has 0 aliphatic carbocycles. The monoisotopic (exact) mass is 278 g/mol. The van der Waals surface area contributed by atoms with Gasteiger partial charge in [0, 0.05) is 17.3 Å². The van der Waals surface area contributed by atoms with E-state index in [9.17, 15) is 0 Å². The number of nitrogens with one attached hydrogen (secondary N) is 1. The molecule has 0 aliphatic heterocycles. The summed E-state index contributed by atoms with van der Waals surface area (Å²) < 4.78 is 5.74. The van der Waals surface area contributed by atoms with E-state index < -0.39 is 0 Å². The number of nitrogen functional groups attached to an aromatic ring is 1. The maximum Gasteiger partial charge on any atom is 0.144 e. The van der Waals surface area contributed by atoms with Crippen LogP contribution in [0, 0.1) is 5.41 Å². The van der Waals surface area contributed by atoms with Crippen LogP contribution in [0.25, 0.3) is 0 Å². The van der Waals surface area contributed by atoms with E-state index >= 15 is 0 Å². The quantitative estimate of drug-likeness (QED) is 0.769. The summed E-state index contributed by atoms with van der Waals surface area (Å²) in [5.74, 6) is 0.747. The smallest absolute Gasteiger partial charge is 0.144 e. The van der Waals surface area contributed by atoms with E-state index in [2.05, 4.69) is 39.9 Å². The standard InChI is InChI=1S/C17H30N2O/c1-12(2)20-15-10-13(8-9-14(15)18)19-17(6,7)11-16(3,4)5/h8-10,12,19H,11,18H2,1-7H3. The van der Waals surface area contributed by atoms with E-state index in [1.54, 1.807) is 0 Å². The Morgan fingerprint density at radius 3 is 2.25 bits per heavy atom. The second kappa shape index (κ2) is 5.94. The fraction of sp³-hybridized carbons (Fsp3) is 0.647. The van der Waals surface area contributed by atoms with E-state index in [4.69, 9.17) is 10.5 Å². The van der Waals surface area contributed by atoms with Crippen molar-refractivity contribution in [3.63, 3.8) is 0 Å². The molecule has 0 heterocycles. The summed E-state index contributed by atoms with van der Waals surface area (Å²) >= 11 is 0. The molecule has 0 unspecified atom stereocenters. The highest BCUT2D eigenvalue weighted by molar-refractivity contribution is 5.62. The Bertz CT molecular complexity index is 445. The van der Waals surface area contributed by atoms with Gasteiger partial charge in [0.2, 0.25) is 0 Å². The fourth-order valence-electron chi connectivity index (χ4n) is 2.73. The molecule has 0 spiro atoms. The van der Waals surface area contributed by atoms with Crippen LogP contribution in [-0.2, 0) is 0 Å². The highest BCUT2D eigenvalue weighted by Gasteiger charge is 2.25. The lowest BCUT2D eigenvalue weighted by atomic mass is 9.81. The Morgan fingerprint density at radius 2 is 1.75 bits per heavy atom. The average Bonchev–Trinajstić information content (AvgIpc) is 2.18. The van der Waals surface area contributed by atoms with Gasteiger partial charge in [-0.05, 0) is 51.7 Å². The molecule has 1 aromatic rings. The highest BCUT2D eigenvalue weighted by Crippen LogP contribution is 2.32. The van der Waals surface area contributed by atoms with Crippen molar-refractivity contribution in [2.75, 3.05) is 11.1 Å². The maximum atomic E-state index is 5.95. The number of nitrogens with two attached hydrogens (primary N) is 1. The molecule has 0 aromatic heterocycles. The fourth-order valence-corrected chi connectivity index (χ4v) is 2.73. The van der Waals surface area contributed by atoms with Gasteiger partial charge in [0.15, 0.2) is 0 Å². The van der Waals surface area contributed by atoms with Crippen LogP contribution in [0.1, 0.15) is 54.9 Å². The minimum Gasteiger partial charge on any atom is -0.489 e. The zero-order valence-electron chi connectivity index (χ0n) is 14.0. The number of hydrogen-bond acceptors (Lipinski definition) is 3. The Kier molecular flexibility index (Phi) is 4.95. The minimum absolute atomic E-state index is 0.0173. The van der Waals surface area contributed by atoms with Crippen molar-refractivity contribution in [3.05, 3.63) is 18.2 Å². The van der Waals surface area contributed by atoms with Crippen molar-refractivity contribution in [2.24, 2.45) is 5.41 Å². The van der Waals surface area contributed by atoms with Crippen LogP contribution in [0.2, 0.25) is 0 Å². The zero-order chi connectivity index (χ0) is 15.6. The van der Waals surface area contributed by atoms with Crippen LogP contribution in [0.3, 0.4) is 0 Å². The van der Waals surface area contributed by atoms with Crippen LogP contribution >= 0.6 is 0 Å². The SMILES string of the molecule is CC(C)Oc1cc(NC(C)(C)CC(C)(C)C)ccc1N. The van der Waals surface area contributed by atoms with Crippen molar-refractivity contribution >= 4 is 11.4 Å². The molecule has 3 heteroatoms. The zero-order valence-corrected chi connectivity index (χ0v) is 14.0. The molecule has 20 heavy (non-hydrogen) atoms. The molecule has 0 fully saturated rings. The van der Waals surface area contributed by atoms with E-state index in [0.29, 0.717) is 5.69 Å². The van der Waals surface area contributed by atoms with E-state index in [1.165, 1.54) is 0 Å². The lowest BCUT2D eigenvalue weighted by molar-refractivity contribution is 0.244. The minimum atomic E-state index is 0.0173. The van der Waals surface area contributed by atoms with Gasteiger partial charge in [0.1, 0.15) is 5.75 Å². The second-order valence-electron chi connectivity index (χ2n) is 7.67. The molecular weight excluding hydrogens is 248 g/mol. The van der Waals surface area contributed by atoms with Gasteiger partial charge in [-0.2, -0.15) is 0 Å². The first-order valence-electron chi connectivity index (χ1n) is 7.33. The maximum absolute atomic E-state index is 5.95. The van der Waals surface area contributed by atoms with Crippen LogP contribution in [0.4, 0.5) is 11.4 Å². The summed E-state index contributed by atoms with van der Waals surface area (Å²) in [6, 6.07) is 5.89. The third kappa shape index (κ3) is 5.72. The average molecular weight is 278 g/mol. The number of anilines is 2. The first-order chi connectivity index (χ1) is 8.98. The first-order valence-corrected chi connectivity index (χ1v) is 7.33. The van der Waals surface area contributed by atoms with Crippen molar-refractivity contribution in [1.82, 2.24) is 0 Å². The van der Waals surface area contributed by atoms with Crippen molar-refractivity contribution in [1.29, 1.82) is 0 Å². The van der Waals surface area contributed by atoms with Gasteiger partial charge in [-0.3, -0.25) is 0 Å². The normalized spacial score (nSPS) is 12.6. The lowest BCUT2D eigenvalue weighted by Gasteiger charge is -2.34. The van der Waals surface area contributed by atoms with Crippen molar-refractivity contribution < 1.29 is 4.74 Å². The predicted octanol–water partition coefficient (Wildman–Crippen LogP) is 4.68. The highest BCUT2D eigenvalue weighted by atomic mass is 16.5. The number of hydrogen-bond donors (Lipinski definition) is 2. The molecule has 3 nitrogen and oxygen atoms in total. The lowest BCUT2D eigenvalue weighted by Crippen LogP contribution is -2.35. The molecule has 0 bridgehead atoms. The molecule has 0 radical (unpaired) electrons. The number of rotatable bonds is 5. The van der Waals surface area contributed by atoms with Gasteiger partial charge in [0.25, 0.3) is 0 Å². The summed E-state index contributed by atoms with van der Waals surface area (Å²) in [6.07, 6.45) is 1.19. The summed E-state index contributed by atoms with van der Waals surface area (Å²) in [7, 11) is 0. The number of ether oxygens (including phenoxy) is 1. The Hall–Kier alpha value is -1.38. The van der Waals surface area contributed by atoms with Gasteiger partial charge < -0.3 is 15.8 Å². The van der Waals surface area contributed by atoms with E-state index in [1.807, 2.05) is 32.0 Å². The second-order valence-corrected chi connectivity index (χ2v) is 7.67. The largest absolute Gasteiger partial charge is 0.489 e. The van der Waals surface area contributed by atoms with E-state index in [0.717, 1.165) is 17.9 Å². The van der Waals surface area contributed by atoms with Crippen LogP contribution in [-0.4, -0.2) is 11.6 Å². The molecule has 0 saturated heterocycles. The van der Waals surface area contributed by atoms with Gasteiger partial charge >= 0.3 is 0 Å². The molecular formula is C17H30N2O. The topological polar surface area (TPSA) is 47.3 Å². The van der Waals surface area contributed by atoms with Crippen molar-refractivity contribution in [2.45, 2.75) is 66.5 Å². The van der Waals surface area contributed by atoms with Gasteiger partial charge in [-0.15, -0.1) is 0 Å². The van der Waals surface area contributed by atoms with Crippen LogP contribution in [0.15, 0.2) is 18.2 Å². The Balaban J connectivity index is 2.87. The molecule has 114 valence electrons. The summed E-state index contributed by atoms with van der Waals surface area (Å²) in [5, 5.41) is 3.58. The molecule has 1 rings (SSSR count). The first kappa shape index (κ1) is 16.7. The summed E-state index contributed by atoms with van der Waals surface area (Å²) in [4.78, 5) is 0. The molecule has 3 N–H and O–H groups in total. The molecule has 0 aliphatic rings. The van der Waals surface area contributed by atoms with Gasteiger partial charge in [-0.1, -0.05) is 20.8 Å². The van der Waals surface area contributed by atoms with Crippen molar-refractivity contribution in [3.8, 4) is 5.75 Å². The number of benzene rings is 1. The van der Waals surface area contributed by atoms with Gasteiger partial charge in [0.05, 0.1) is 11.8 Å². The molecule has 0 saturated carbocycles. The third-order valence-electron chi connectivity index (χ3n) is 2.83. The van der Waals surface area contributed by atoms with Gasteiger partial charge in [-0.25, -0.2) is 0 Å². The molecule has 1 aromatic carbocycles. The summed E-state index contributed by atoms with van der Waals surface area (Å²) in [6.45, 7) is 15.2. The van der Waals surface area contributed by atoms with Crippen LogP contribution < -0.4 is 15.8 Å². The summed E-state index contributed by atoms with van der Waals surface area (Å²) in [5.41, 5.74) is 7.97. The van der Waals surface area contributed by atoms with Crippen LogP contribution in [0.5, 0.6) is 5.75 Å². The Labute approximate surface area is 123 Å². The predicted molar refractivity (Wildman–Crippen MR) is 88.4 cm³/mol. The molecule has 0 atom stereocenters. The molecule has 0 amide bonds.